The number of carboxylic acid groups (broad SMARTS) is 1. The highest BCUT2D eigenvalue weighted by molar-refractivity contribution is 5.94. The van der Waals surface area contributed by atoms with Crippen molar-refractivity contribution in [3.05, 3.63) is 54.7 Å². The van der Waals surface area contributed by atoms with Gasteiger partial charge in [-0.25, -0.2) is 14.8 Å². The topological polar surface area (TPSA) is 68.0 Å². The first-order valence-corrected chi connectivity index (χ1v) is 5.35. The van der Waals surface area contributed by atoms with Gasteiger partial charge in [0.05, 0.1) is 29.2 Å². The lowest BCUT2D eigenvalue weighted by molar-refractivity contribution is 0.0697. The van der Waals surface area contributed by atoms with Gasteiger partial charge in [-0.1, -0.05) is 0 Å². The van der Waals surface area contributed by atoms with Crippen molar-refractivity contribution < 1.29 is 9.90 Å². The predicted molar refractivity (Wildman–Crippen MR) is 65.8 cm³/mol. The fourth-order valence-corrected chi connectivity index (χ4v) is 1.92. The van der Waals surface area contributed by atoms with Crippen LogP contribution in [-0.2, 0) is 0 Å². The van der Waals surface area contributed by atoms with E-state index in [4.69, 9.17) is 5.11 Å². The zero-order valence-electron chi connectivity index (χ0n) is 9.32. The second-order valence-corrected chi connectivity index (χ2v) is 3.86. The molecule has 0 spiro atoms. The zero-order chi connectivity index (χ0) is 12.5. The molecule has 3 rings (SSSR count). The van der Waals surface area contributed by atoms with Crippen molar-refractivity contribution in [2.24, 2.45) is 0 Å². The van der Waals surface area contributed by atoms with Crippen LogP contribution < -0.4 is 0 Å². The Balaban J connectivity index is 2.19. The van der Waals surface area contributed by atoms with Crippen LogP contribution in [0.5, 0.6) is 0 Å². The van der Waals surface area contributed by atoms with E-state index in [2.05, 4.69) is 9.97 Å². The summed E-state index contributed by atoms with van der Waals surface area (Å²) < 4.78 is 1.92. The molecule has 18 heavy (non-hydrogen) atoms. The molecule has 0 fully saturated rings. The number of carboxylic acids is 1. The lowest BCUT2D eigenvalue weighted by atomic mass is 10.1. The molecule has 0 saturated heterocycles. The Morgan fingerprint density at radius 2 is 1.94 bits per heavy atom. The highest BCUT2D eigenvalue weighted by atomic mass is 16.4. The minimum Gasteiger partial charge on any atom is -0.478 e. The average Bonchev–Trinajstić information content (AvgIpc) is 2.82. The van der Waals surface area contributed by atoms with Gasteiger partial charge >= 0.3 is 5.97 Å². The van der Waals surface area contributed by atoms with Crippen LogP contribution in [0.4, 0.5) is 0 Å². The molecule has 5 nitrogen and oxygen atoms in total. The number of hydrogen-bond acceptors (Lipinski definition) is 3. The molecule has 2 heterocycles. The molecule has 2 aromatic heterocycles. The molecular weight excluding hydrogens is 230 g/mol. The predicted octanol–water partition coefficient (Wildman–Crippen LogP) is 2.12. The summed E-state index contributed by atoms with van der Waals surface area (Å²) in [6, 6.07) is 6.89. The summed E-state index contributed by atoms with van der Waals surface area (Å²) in [6.45, 7) is 0. The highest BCUT2D eigenvalue weighted by Gasteiger charge is 2.07. The van der Waals surface area contributed by atoms with Crippen molar-refractivity contribution in [2.75, 3.05) is 0 Å². The number of aromatic carboxylic acids is 1. The van der Waals surface area contributed by atoms with Crippen molar-refractivity contribution in [2.45, 2.75) is 0 Å². The third-order valence-corrected chi connectivity index (χ3v) is 2.76. The second-order valence-electron chi connectivity index (χ2n) is 3.86. The van der Waals surface area contributed by atoms with E-state index in [0.29, 0.717) is 0 Å². The largest absolute Gasteiger partial charge is 0.478 e. The van der Waals surface area contributed by atoms with Crippen LogP contribution in [0.2, 0.25) is 0 Å². The van der Waals surface area contributed by atoms with Gasteiger partial charge in [0.15, 0.2) is 0 Å². The molecule has 0 aliphatic heterocycles. The van der Waals surface area contributed by atoms with Gasteiger partial charge in [-0.3, -0.25) is 0 Å². The van der Waals surface area contributed by atoms with E-state index >= 15 is 0 Å². The zero-order valence-corrected chi connectivity index (χ0v) is 9.32. The van der Waals surface area contributed by atoms with E-state index in [9.17, 15) is 4.79 Å². The lowest BCUT2D eigenvalue weighted by Crippen LogP contribution is -1.96. The highest BCUT2D eigenvalue weighted by Crippen LogP contribution is 2.20. The standard InChI is InChI=1S/C13H9N3O2/c17-13(18)10-1-2-12-9(5-10)3-4-16(12)11-6-14-8-15-7-11/h1-8H,(H,17,18). The summed E-state index contributed by atoms with van der Waals surface area (Å²) in [5.41, 5.74) is 2.05. The third kappa shape index (κ3) is 1.62. The van der Waals surface area contributed by atoms with Gasteiger partial charge in [0, 0.05) is 11.6 Å². The summed E-state index contributed by atoms with van der Waals surface area (Å²) in [4.78, 5) is 18.8. The number of nitrogens with zero attached hydrogens (tertiary/aromatic N) is 3. The van der Waals surface area contributed by atoms with E-state index in [1.165, 1.54) is 6.33 Å². The van der Waals surface area contributed by atoms with E-state index in [-0.39, 0.29) is 5.56 Å². The third-order valence-electron chi connectivity index (χ3n) is 2.76. The minimum absolute atomic E-state index is 0.282. The molecule has 0 saturated carbocycles. The van der Waals surface area contributed by atoms with Crippen molar-refractivity contribution in [3.63, 3.8) is 0 Å². The molecule has 0 unspecified atom stereocenters. The molecule has 1 N–H and O–H groups in total. The number of aromatic nitrogens is 3. The lowest BCUT2D eigenvalue weighted by Gasteiger charge is -2.04. The van der Waals surface area contributed by atoms with Gasteiger partial charge in [0.1, 0.15) is 6.33 Å². The molecule has 88 valence electrons. The van der Waals surface area contributed by atoms with Crippen molar-refractivity contribution in [1.82, 2.24) is 14.5 Å². The summed E-state index contributed by atoms with van der Waals surface area (Å²) in [6.07, 6.45) is 6.75. The number of benzene rings is 1. The number of fused-ring (bicyclic) bond motifs is 1. The smallest absolute Gasteiger partial charge is 0.335 e. The van der Waals surface area contributed by atoms with E-state index in [1.54, 1.807) is 30.6 Å². The van der Waals surface area contributed by atoms with Gasteiger partial charge in [0.25, 0.3) is 0 Å². The Morgan fingerprint density at radius 3 is 2.67 bits per heavy atom. The molecule has 5 heteroatoms. The van der Waals surface area contributed by atoms with Gasteiger partial charge in [0.2, 0.25) is 0 Å². The monoisotopic (exact) mass is 239 g/mol. The SMILES string of the molecule is O=C(O)c1ccc2c(ccn2-c2cncnc2)c1. The summed E-state index contributed by atoms with van der Waals surface area (Å²) in [5.74, 6) is -0.923. The molecule has 0 bridgehead atoms. The van der Waals surface area contributed by atoms with Crippen LogP contribution in [0.15, 0.2) is 49.2 Å². The molecule has 0 aliphatic rings. The van der Waals surface area contributed by atoms with Crippen LogP contribution in [0.25, 0.3) is 16.6 Å². The fourth-order valence-electron chi connectivity index (χ4n) is 1.92. The van der Waals surface area contributed by atoms with Crippen molar-refractivity contribution in [1.29, 1.82) is 0 Å². The number of rotatable bonds is 2. The second kappa shape index (κ2) is 3.96. The van der Waals surface area contributed by atoms with Gasteiger partial charge < -0.3 is 9.67 Å². The summed E-state index contributed by atoms with van der Waals surface area (Å²) >= 11 is 0. The average molecular weight is 239 g/mol. The van der Waals surface area contributed by atoms with Gasteiger partial charge in [-0.2, -0.15) is 0 Å². The molecular formula is C13H9N3O2. The van der Waals surface area contributed by atoms with Crippen LogP contribution >= 0.6 is 0 Å². The van der Waals surface area contributed by atoms with Gasteiger partial charge in [-0.15, -0.1) is 0 Å². The summed E-state index contributed by atoms with van der Waals surface area (Å²) in [7, 11) is 0. The Kier molecular flexibility index (Phi) is 2.30. The quantitative estimate of drug-likeness (QED) is 0.743. The fraction of sp³-hybridized carbons (Fsp3) is 0. The van der Waals surface area contributed by atoms with Crippen LogP contribution in [0.1, 0.15) is 10.4 Å². The van der Waals surface area contributed by atoms with Crippen LogP contribution in [0, 0.1) is 0 Å². The molecule has 0 atom stereocenters. The molecule has 3 aromatic rings. The van der Waals surface area contributed by atoms with Crippen LogP contribution in [-0.4, -0.2) is 25.6 Å². The maximum Gasteiger partial charge on any atom is 0.335 e. The maximum atomic E-state index is 10.9. The van der Waals surface area contributed by atoms with Crippen molar-refractivity contribution >= 4 is 16.9 Å². The van der Waals surface area contributed by atoms with E-state index in [1.807, 2.05) is 16.8 Å². The van der Waals surface area contributed by atoms with Gasteiger partial charge in [-0.05, 0) is 24.3 Å². The van der Waals surface area contributed by atoms with Crippen molar-refractivity contribution in [3.8, 4) is 5.69 Å². The molecule has 0 radical (unpaired) electrons. The normalized spacial score (nSPS) is 10.7. The maximum absolute atomic E-state index is 10.9. The Bertz CT molecular complexity index is 719. The Hall–Kier alpha value is -2.69. The minimum atomic E-state index is -0.923. The first-order chi connectivity index (χ1) is 8.75. The molecule has 0 aliphatic carbocycles. The summed E-state index contributed by atoms with van der Waals surface area (Å²) in [5, 5.41) is 9.82. The molecule has 1 aromatic carbocycles. The number of carbonyl (C=O) groups is 1. The first kappa shape index (κ1) is 10.5. The molecule has 0 amide bonds. The van der Waals surface area contributed by atoms with E-state index in [0.717, 1.165) is 16.6 Å². The van der Waals surface area contributed by atoms with E-state index < -0.39 is 5.97 Å². The Morgan fingerprint density at radius 1 is 1.17 bits per heavy atom. The first-order valence-electron chi connectivity index (χ1n) is 5.35. The number of hydrogen-bond donors (Lipinski definition) is 1. The van der Waals surface area contributed by atoms with Crippen LogP contribution in [0.3, 0.4) is 0 Å². The Labute approximate surface area is 102 Å².